The number of nitrogens with zero attached hydrogens (tertiary/aromatic N) is 4. The number of aromatic nitrogens is 2. The SMILES string of the molecule is CN(CCCc1cc(-c2ccc(F)cc2)n[nH]1)C(=O)C1=NN(c2ccccc2)[C@@H](C(N)=O)C1. The Hall–Kier alpha value is -4.01. The predicted molar refractivity (Wildman–Crippen MR) is 124 cm³/mol. The number of aromatic amines is 1. The fraction of sp³-hybridized carbons (Fsp3) is 0.250. The highest BCUT2D eigenvalue weighted by atomic mass is 19.1. The zero-order valence-corrected chi connectivity index (χ0v) is 18.2. The minimum Gasteiger partial charge on any atom is -0.368 e. The number of nitrogens with one attached hydrogen (secondary N) is 1. The van der Waals surface area contributed by atoms with Crippen LogP contribution in [0.25, 0.3) is 11.3 Å². The number of rotatable bonds is 8. The number of benzene rings is 2. The van der Waals surface area contributed by atoms with Gasteiger partial charge in [0, 0.05) is 31.3 Å². The second-order valence-corrected chi connectivity index (χ2v) is 7.96. The molecular weight excluding hydrogens is 423 g/mol. The summed E-state index contributed by atoms with van der Waals surface area (Å²) in [5.41, 5.74) is 9.08. The largest absolute Gasteiger partial charge is 0.368 e. The van der Waals surface area contributed by atoms with E-state index in [0.717, 1.165) is 17.0 Å². The molecule has 0 aliphatic carbocycles. The van der Waals surface area contributed by atoms with Crippen molar-refractivity contribution in [2.24, 2.45) is 10.8 Å². The van der Waals surface area contributed by atoms with Crippen molar-refractivity contribution in [1.82, 2.24) is 15.1 Å². The molecule has 33 heavy (non-hydrogen) atoms. The highest BCUT2D eigenvalue weighted by molar-refractivity contribution is 6.40. The van der Waals surface area contributed by atoms with Crippen LogP contribution in [0.2, 0.25) is 0 Å². The van der Waals surface area contributed by atoms with E-state index >= 15 is 0 Å². The summed E-state index contributed by atoms with van der Waals surface area (Å²) < 4.78 is 13.1. The third-order valence-corrected chi connectivity index (χ3v) is 5.56. The molecule has 9 heteroatoms. The number of hydrazone groups is 1. The van der Waals surface area contributed by atoms with E-state index in [-0.39, 0.29) is 18.1 Å². The van der Waals surface area contributed by atoms with Crippen LogP contribution in [0.4, 0.5) is 10.1 Å². The minimum absolute atomic E-state index is 0.176. The van der Waals surface area contributed by atoms with E-state index in [1.807, 2.05) is 36.4 Å². The van der Waals surface area contributed by atoms with Gasteiger partial charge >= 0.3 is 0 Å². The lowest BCUT2D eigenvalue weighted by Crippen LogP contribution is -2.40. The average Bonchev–Trinajstić information content (AvgIpc) is 3.47. The number of hydrogen-bond acceptors (Lipinski definition) is 5. The topological polar surface area (TPSA) is 108 Å². The van der Waals surface area contributed by atoms with Crippen molar-refractivity contribution in [1.29, 1.82) is 0 Å². The minimum atomic E-state index is -0.686. The maximum atomic E-state index is 13.1. The van der Waals surface area contributed by atoms with Crippen molar-refractivity contribution in [2.75, 3.05) is 18.6 Å². The van der Waals surface area contributed by atoms with Gasteiger partial charge in [-0.15, -0.1) is 0 Å². The Kier molecular flexibility index (Phi) is 6.48. The molecule has 0 radical (unpaired) electrons. The molecule has 3 N–H and O–H groups in total. The summed E-state index contributed by atoms with van der Waals surface area (Å²) in [5, 5.41) is 13.2. The van der Waals surface area contributed by atoms with E-state index in [2.05, 4.69) is 15.3 Å². The zero-order valence-electron chi connectivity index (χ0n) is 18.2. The predicted octanol–water partition coefficient (Wildman–Crippen LogP) is 2.73. The fourth-order valence-corrected chi connectivity index (χ4v) is 3.77. The Morgan fingerprint density at radius 3 is 2.61 bits per heavy atom. The number of para-hydroxylation sites is 1. The van der Waals surface area contributed by atoms with Crippen LogP contribution >= 0.6 is 0 Å². The van der Waals surface area contributed by atoms with Gasteiger partial charge in [0.2, 0.25) is 5.91 Å². The lowest BCUT2D eigenvalue weighted by molar-refractivity contribution is -0.123. The number of hydrogen-bond donors (Lipinski definition) is 2. The van der Waals surface area contributed by atoms with E-state index in [0.29, 0.717) is 30.8 Å². The summed E-state index contributed by atoms with van der Waals surface area (Å²) in [4.78, 5) is 26.4. The van der Waals surface area contributed by atoms with Crippen molar-refractivity contribution in [3.8, 4) is 11.3 Å². The van der Waals surface area contributed by atoms with Gasteiger partial charge in [0.25, 0.3) is 5.91 Å². The molecule has 0 fully saturated rings. The van der Waals surface area contributed by atoms with Crippen molar-refractivity contribution >= 4 is 23.2 Å². The van der Waals surface area contributed by atoms with Gasteiger partial charge in [-0.25, -0.2) is 4.39 Å². The number of carbonyl (C=O) groups excluding carboxylic acids is 2. The number of H-pyrrole nitrogens is 1. The molecule has 0 spiro atoms. The maximum absolute atomic E-state index is 13.1. The van der Waals surface area contributed by atoms with Crippen LogP contribution < -0.4 is 10.7 Å². The molecule has 2 aromatic carbocycles. The summed E-state index contributed by atoms with van der Waals surface area (Å²) in [6.07, 6.45) is 1.58. The molecule has 4 rings (SSSR count). The van der Waals surface area contributed by atoms with E-state index < -0.39 is 11.9 Å². The lowest BCUT2D eigenvalue weighted by Gasteiger charge is -2.20. The summed E-state index contributed by atoms with van der Waals surface area (Å²) in [6.45, 7) is 0.509. The number of nitrogens with two attached hydrogens (primary N) is 1. The first-order valence-electron chi connectivity index (χ1n) is 10.7. The number of primary amides is 1. The third-order valence-electron chi connectivity index (χ3n) is 5.56. The Morgan fingerprint density at radius 1 is 1.18 bits per heavy atom. The summed E-state index contributed by atoms with van der Waals surface area (Å²) in [7, 11) is 1.71. The van der Waals surface area contributed by atoms with Gasteiger partial charge in [0.1, 0.15) is 17.6 Å². The first-order valence-corrected chi connectivity index (χ1v) is 10.7. The molecule has 8 nitrogen and oxygen atoms in total. The van der Waals surface area contributed by atoms with Crippen LogP contribution in [0.3, 0.4) is 0 Å². The normalized spacial score (nSPS) is 15.4. The van der Waals surface area contributed by atoms with Gasteiger partial charge in [0.15, 0.2) is 0 Å². The van der Waals surface area contributed by atoms with Gasteiger partial charge in [-0.2, -0.15) is 10.2 Å². The molecule has 170 valence electrons. The van der Waals surface area contributed by atoms with E-state index in [9.17, 15) is 14.0 Å². The molecule has 3 aromatic rings. The Bertz CT molecular complexity index is 1160. The standard InChI is InChI=1S/C24H25FN6O2/c1-30(13-5-6-18-14-20(28-27-18)16-9-11-17(25)12-10-16)24(33)21-15-22(23(26)32)31(29-21)19-7-3-2-4-8-19/h2-4,7-12,14,22H,5-6,13,15H2,1H3,(H2,26,32)(H,27,28)/t22-/m1/s1. The summed E-state index contributed by atoms with van der Waals surface area (Å²) in [6, 6.07) is 16.6. The smallest absolute Gasteiger partial charge is 0.269 e. The Balaban J connectivity index is 1.34. The second-order valence-electron chi connectivity index (χ2n) is 7.96. The van der Waals surface area contributed by atoms with Crippen LogP contribution in [0.15, 0.2) is 65.8 Å². The van der Waals surface area contributed by atoms with Crippen molar-refractivity contribution < 1.29 is 14.0 Å². The molecular formula is C24H25FN6O2. The monoisotopic (exact) mass is 448 g/mol. The van der Waals surface area contributed by atoms with E-state index in [1.54, 1.807) is 24.1 Å². The second kappa shape index (κ2) is 9.64. The highest BCUT2D eigenvalue weighted by Gasteiger charge is 2.35. The molecule has 0 saturated heterocycles. The van der Waals surface area contributed by atoms with Crippen LogP contribution in [0.1, 0.15) is 18.5 Å². The number of aryl methyl sites for hydroxylation is 1. The molecule has 2 amide bonds. The molecule has 0 saturated carbocycles. The molecule has 0 bridgehead atoms. The van der Waals surface area contributed by atoms with Crippen molar-refractivity contribution in [3.63, 3.8) is 0 Å². The maximum Gasteiger partial charge on any atom is 0.269 e. The molecule has 1 aromatic heterocycles. The summed E-state index contributed by atoms with van der Waals surface area (Å²) >= 11 is 0. The van der Waals surface area contributed by atoms with Crippen molar-refractivity contribution in [2.45, 2.75) is 25.3 Å². The number of carbonyl (C=O) groups is 2. The average molecular weight is 449 g/mol. The lowest BCUT2D eigenvalue weighted by atomic mass is 10.1. The fourth-order valence-electron chi connectivity index (χ4n) is 3.77. The quantitative estimate of drug-likeness (QED) is 0.552. The zero-order chi connectivity index (χ0) is 23.4. The molecule has 0 unspecified atom stereocenters. The van der Waals surface area contributed by atoms with Crippen LogP contribution in [0, 0.1) is 5.82 Å². The first-order chi connectivity index (χ1) is 15.9. The number of halogens is 1. The Labute approximate surface area is 190 Å². The third kappa shape index (κ3) is 5.08. The number of anilines is 1. The molecule has 1 atom stereocenters. The van der Waals surface area contributed by atoms with Crippen LogP contribution in [-0.4, -0.2) is 52.3 Å². The van der Waals surface area contributed by atoms with E-state index in [4.69, 9.17) is 5.73 Å². The highest BCUT2D eigenvalue weighted by Crippen LogP contribution is 2.25. The van der Waals surface area contributed by atoms with Gasteiger partial charge in [-0.1, -0.05) is 18.2 Å². The Morgan fingerprint density at radius 2 is 1.91 bits per heavy atom. The van der Waals surface area contributed by atoms with Gasteiger partial charge in [0.05, 0.1) is 11.4 Å². The summed E-state index contributed by atoms with van der Waals surface area (Å²) in [5.74, 6) is -1.04. The van der Waals surface area contributed by atoms with Crippen molar-refractivity contribution in [3.05, 3.63) is 72.2 Å². The van der Waals surface area contributed by atoms with Crippen LogP contribution in [0.5, 0.6) is 0 Å². The molecule has 1 aliphatic heterocycles. The van der Waals surface area contributed by atoms with Gasteiger partial charge < -0.3 is 10.6 Å². The molecule has 1 aliphatic rings. The van der Waals surface area contributed by atoms with Gasteiger partial charge in [-0.05, 0) is 55.3 Å². The van der Waals surface area contributed by atoms with E-state index in [1.165, 1.54) is 17.1 Å². The molecule has 2 heterocycles. The first kappa shape index (κ1) is 22.2. The number of amides is 2. The van der Waals surface area contributed by atoms with Gasteiger partial charge in [-0.3, -0.25) is 19.7 Å². The van der Waals surface area contributed by atoms with Crippen LogP contribution in [-0.2, 0) is 16.0 Å².